The zero-order chi connectivity index (χ0) is 13.9. The third kappa shape index (κ3) is 7.01. The van der Waals surface area contributed by atoms with Crippen LogP contribution in [0.5, 0.6) is 0 Å². The van der Waals surface area contributed by atoms with Gasteiger partial charge in [-0.3, -0.25) is 0 Å². The first-order valence-corrected chi connectivity index (χ1v) is 6.09. The zero-order valence-corrected chi connectivity index (χ0v) is 12.8. The predicted molar refractivity (Wildman–Crippen MR) is 71.6 cm³/mol. The summed E-state index contributed by atoms with van der Waals surface area (Å²) in [7, 11) is 8.11. The largest absolute Gasteiger partial charge is 0.530 e. The van der Waals surface area contributed by atoms with Crippen LogP contribution in [0.3, 0.4) is 0 Å². The molecule has 5 nitrogen and oxygen atoms in total. The van der Waals surface area contributed by atoms with E-state index in [9.17, 15) is 0 Å². The van der Waals surface area contributed by atoms with E-state index in [1.165, 1.54) is 52.6 Å². The highest BCUT2D eigenvalue weighted by Gasteiger charge is 2.25. The average molecular weight is 251 g/mol. The second kappa shape index (κ2) is 9.85. The van der Waals surface area contributed by atoms with Crippen LogP contribution in [0.25, 0.3) is 0 Å². The molecule has 6 heteroatoms. The molecule has 0 N–H and O–H groups in total. The molecule has 0 rings (SSSR count). The first-order valence-electron chi connectivity index (χ1n) is 6.09. The molecule has 0 aromatic rings. The van der Waals surface area contributed by atoms with Gasteiger partial charge in [-0.1, -0.05) is 0 Å². The van der Waals surface area contributed by atoms with Gasteiger partial charge in [-0.15, -0.1) is 0 Å². The number of hydrogen-bond donors (Lipinski definition) is 0. The molecule has 0 amide bonds. The van der Waals surface area contributed by atoms with Crippen LogP contribution in [-0.4, -0.2) is 66.6 Å². The molecular formula is C11H30BNO4. The number of quaternary nitrogens is 1. The van der Waals surface area contributed by atoms with E-state index in [4.69, 9.17) is 18.6 Å². The van der Waals surface area contributed by atoms with Crippen molar-refractivity contribution in [2.45, 2.75) is 20.8 Å². The normalized spacial score (nSPS) is 12.0. The van der Waals surface area contributed by atoms with Crippen LogP contribution in [0.2, 0.25) is 0 Å². The van der Waals surface area contributed by atoms with E-state index in [0.29, 0.717) is 0 Å². The lowest BCUT2D eigenvalue weighted by atomic mass is 10.1. The maximum atomic E-state index is 4.78. The number of hydrogen-bond acceptors (Lipinski definition) is 4. The van der Waals surface area contributed by atoms with Gasteiger partial charge in [0.1, 0.15) is 0 Å². The first kappa shape index (κ1) is 19.2. The molecule has 0 aliphatic heterocycles. The Hall–Kier alpha value is -0.135. The Morgan fingerprint density at radius 2 is 0.941 bits per heavy atom. The summed E-state index contributed by atoms with van der Waals surface area (Å²) in [5, 5.41) is 0. The van der Waals surface area contributed by atoms with Crippen LogP contribution in [0.15, 0.2) is 0 Å². The zero-order valence-electron chi connectivity index (χ0n) is 12.8. The molecule has 0 saturated carbocycles. The van der Waals surface area contributed by atoms with E-state index in [0.717, 1.165) is 0 Å². The van der Waals surface area contributed by atoms with Gasteiger partial charge in [0.15, 0.2) is 0 Å². The van der Waals surface area contributed by atoms with Gasteiger partial charge in [-0.05, 0) is 49.2 Å². The monoisotopic (exact) mass is 251 g/mol. The molecule has 106 valence electrons. The molecule has 0 spiro atoms. The van der Waals surface area contributed by atoms with Gasteiger partial charge in [-0.2, -0.15) is 0 Å². The standard InChI is InChI=1S/C7H18N.C4H12BO4/c1-5-8(4,6-2)7-3;1-6-5(7-2,8-3)9-4/h5-7H2,1-4H3;1-4H3/q+1;-1. The van der Waals surface area contributed by atoms with Crippen LogP contribution in [0.1, 0.15) is 20.8 Å². The van der Waals surface area contributed by atoms with E-state index in [2.05, 4.69) is 27.8 Å². The van der Waals surface area contributed by atoms with E-state index in [1.54, 1.807) is 0 Å². The SMILES string of the molecule is CC[N+](C)(CC)CC.CO[B-](OC)(OC)OC. The van der Waals surface area contributed by atoms with Crippen LogP contribution in [0, 0.1) is 0 Å². The lowest BCUT2D eigenvalue weighted by molar-refractivity contribution is -0.904. The maximum absolute atomic E-state index is 4.78. The van der Waals surface area contributed by atoms with Crippen molar-refractivity contribution in [3.05, 3.63) is 0 Å². The van der Waals surface area contributed by atoms with Crippen molar-refractivity contribution in [3.63, 3.8) is 0 Å². The summed E-state index contributed by atoms with van der Waals surface area (Å²) in [6.07, 6.45) is 0. The third-order valence-corrected chi connectivity index (χ3v) is 3.45. The fourth-order valence-corrected chi connectivity index (χ4v) is 1.25. The average Bonchev–Trinajstić information content (AvgIpc) is 2.42. The highest BCUT2D eigenvalue weighted by atomic mass is 16.9. The minimum Gasteiger partial charge on any atom is -0.521 e. The highest BCUT2D eigenvalue weighted by Crippen LogP contribution is 2.04. The van der Waals surface area contributed by atoms with Gasteiger partial charge in [0.05, 0.1) is 26.7 Å². The van der Waals surface area contributed by atoms with Crippen LogP contribution >= 0.6 is 0 Å². The second-order valence-electron chi connectivity index (χ2n) is 4.09. The fourth-order valence-electron chi connectivity index (χ4n) is 1.25. The minimum atomic E-state index is -1.94. The molecular weight excluding hydrogens is 221 g/mol. The van der Waals surface area contributed by atoms with Crippen LogP contribution in [0.4, 0.5) is 0 Å². The third-order valence-electron chi connectivity index (χ3n) is 3.45. The molecule has 0 aromatic heterocycles. The Balaban J connectivity index is 0. The van der Waals surface area contributed by atoms with Gasteiger partial charge in [0.25, 0.3) is 0 Å². The quantitative estimate of drug-likeness (QED) is 0.507. The lowest BCUT2D eigenvalue weighted by Gasteiger charge is -2.34. The molecule has 0 saturated heterocycles. The molecule has 17 heavy (non-hydrogen) atoms. The predicted octanol–water partition coefficient (Wildman–Crippen LogP) is 1.50. The van der Waals surface area contributed by atoms with E-state index < -0.39 is 6.96 Å². The molecule has 0 aromatic carbocycles. The molecule has 0 radical (unpaired) electrons. The van der Waals surface area contributed by atoms with Crippen molar-refractivity contribution < 1.29 is 23.1 Å². The van der Waals surface area contributed by atoms with Gasteiger partial charge in [-0.25, -0.2) is 0 Å². The van der Waals surface area contributed by atoms with Crippen molar-refractivity contribution >= 4 is 6.96 Å². The summed E-state index contributed by atoms with van der Waals surface area (Å²) in [6.45, 7) is 8.56. The minimum absolute atomic E-state index is 1.21. The summed E-state index contributed by atoms with van der Waals surface area (Å²) in [5.41, 5.74) is 0. The van der Waals surface area contributed by atoms with E-state index in [-0.39, 0.29) is 0 Å². The molecule has 0 atom stereocenters. The molecule has 0 bridgehead atoms. The molecule has 0 heterocycles. The molecule has 0 aliphatic carbocycles. The van der Waals surface area contributed by atoms with Crippen molar-refractivity contribution in [2.75, 3.05) is 55.1 Å². The summed E-state index contributed by atoms with van der Waals surface area (Å²) in [5.74, 6) is 0. The lowest BCUT2D eigenvalue weighted by Crippen LogP contribution is -2.45. The maximum Gasteiger partial charge on any atom is 0.530 e. The van der Waals surface area contributed by atoms with Crippen LogP contribution < -0.4 is 0 Å². The Labute approximate surface area is 107 Å². The topological polar surface area (TPSA) is 36.9 Å². The smallest absolute Gasteiger partial charge is 0.521 e. The molecule has 0 aliphatic rings. The van der Waals surface area contributed by atoms with Gasteiger partial charge >= 0.3 is 6.96 Å². The van der Waals surface area contributed by atoms with E-state index >= 15 is 0 Å². The Morgan fingerprint density at radius 1 is 0.706 bits per heavy atom. The second-order valence-corrected chi connectivity index (χ2v) is 4.09. The number of nitrogens with zero attached hydrogens (tertiary/aromatic N) is 1. The summed E-state index contributed by atoms with van der Waals surface area (Å²) >= 11 is 0. The first-order chi connectivity index (χ1) is 7.92. The van der Waals surface area contributed by atoms with Crippen molar-refractivity contribution in [1.82, 2.24) is 0 Å². The summed E-state index contributed by atoms with van der Waals surface area (Å²) in [6, 6.07) is 0. The fraction of sp³-hybridized carbons (Fsp3) is 1.00. The highest BCUT2D eigenvalue weighted by molar-refractivity contribution is 6.53. The van der Waals surface area contributed by atoms with Gasteiger partial charge < -0.3 is 23.1 Å². The summed E-state index contributed by atoms with van der Waals surface area (Å²) in [4.78, 5) is 0. The Kier molecular flexibility index (Phi) is 11.1. The Morgan fingerprint density at radius 3 is 0.941 bits per heavy atom. The molecule has 0 unspecified atom stereocenters. The van der Waals surface area contributed by atoms with Gasteiger partial charge in [0, 0.05) is 0 Å². The molecule has 0 fully saturated rings. The number of rotatable bonds is 7. The van der Waals surface area contributed by atoms with Crippen molar-refractivity contribution in [2.24, 2.45) is 0 Å². The summed E-state index contributed by atoms with van der Waals surface area (Å²) < 4.78 is 20.3. The van der Waals surface area contributed by atoms with Gasteiger partial charge in [0.2, 0.25) is 0 Å². The Bertz CT molecular complexity index is 147. The van der Waals surface area contributed by atoms with Crippen LogP contribution in [-0.2, 0) is 18.6 Å². The van der Waals surface area contributed by atoms with Crippen molar-refractivity contribution in [1.29, 1.82) is 0 Å². The van der Waals surface area contributed by atoms with Crippen molar-refractivity contribution in [3.8, 4) is 0 Å². The van der Waals surface area contributed by atoms with E-state index in [1.807, 2.05) is 0 Å².